The van der Waals surface area contributed by atoms with Crippen LogP contribution in [0.5, 0.6) is 11.5 Å². The summed E-state index contributed by atoms with van der Waals surface area (Å²) < 4.78 is 16.8. The number of fused-ring (bicyclic) bond motifs is 1. The third-order valence-corrected chi connectivity index (χ3v) is 6.19. The topological polar surface area (TPSA) is 55.9 Å². The van der Waals surface area contributed by atoms with Gasteiger partial charge < -0.3 is 24.4 Å². The molecule has 29 heavy (non-hydrogen) atoms. The molecule has 158 valence electrons. The Bertz CT molecular complexity index is 815. The molecule has 1 aromatic carbocycles. The van der Waals surface area contributed by atoms with E-state index in [1.165, 1.54) is 37.7 Å². The van der Waals surface area contributed by atoms with E-state index in [2.05, 4.69) is 16.3 Å². The first-order valence-corrected chi connectivity index (χ1v) is 10.9. The Labute approximate surface area is 173 Å². The fourth-order valence-electron chi connectivity index (χ4n) is 4.56. The fourth-order valence-corrected chi connectivity index (χ4v) is 4.56. The number of hydrogen-bond donors (Lipinski definition) is 1. The quantitative estimate of drug-likeness (QED) is 0.765. The maximum Gasteiger partial charge on any atom is 0.145 e. The lowest BCUT2D eigenvalue weighted by molar-refractivity contribution is 0.122. The highest BCUT2D eigenvalue weighted by Gasteiger charge is 2.20. The zero-order valence-corrected chi connectivity index (χ0v) is 17.7. The smallest absolute Gasteiger partial charge is 0.145 e. The minimum Gasteiger partial charge on any atom is -0.496 e. The summed E-state index contributed by atoms with van der Waals surface area (Å²) in [5.74, 6) is 3.44. The van der Waals surface area contributed by atoms with Crippen LogP contribution in [-0.2, 0) is 11.3 Å². The van der Waals surface area contributed by atoms with Crippen molar-refractivity contribution in [2.24, 2.45) is 5.92 Å². The molecule has 2 aromatic rings. The predicted octanol–water partition coefficient (Wildman–Crippen LogP) is 3.76. The lowest BCUT2D eigenvalue weighted by Crippen LogP contribution is -2.38. The van der Waals surface area contributed by atoms with Crippen molar-refractivity contribution < 1.29 is 14.2 Å². The van der Waals surface area contributed by atoms with Crippen LogP contribution in [0.3, 0.4) is 0 Å². The highest BCUT2D eigenvalue weighted by molar-refractivity contribution is 5.92. The Morgan fingerprint density at radius 3 is 2.52 bits per heavy atom. The number of nitrogens with zero attached hydrogens (tertiary/aromatic N) is 2. The molecule has 1 saturated heterocycles. The minimum atomic E-state index is 0.740. The zero-order valence-electron chi connectivity index (χ0n) is 17.7. The van der Waals surface area contributed by atoms with Crippen molar-refractivity contribution in [2.75, 3.05) is 52.0 Å². The largest absolute Gasteiger partial charge is 0.496 e. The van der Waals surface area contributed by atoms with Gasteiger partial charge in [0.25, 0.3) is 0 Å². The molecule has 1 N–H and O–H groups in total. The van der Waals surface area contributed by atoms with Gasteiger partial charge in [-0.1, -0.05) is 19.3 Å². The standard InChI is InChI=1S/C23H33N3O3/c1-27-20-8-9-21(28-2)22-19(20)14-18(16-24-15-17-6-4-3-5-7-17)23(25-22)26-10-12-29-13-11-26/h8-9,14,17,24H,3-7,10-13,15-16H2,1-2H3. The molecular weight excluding hydrogens is 366 g/mol. The molecule has 0 unspecified atom stereocenters. The number of anilines is 1. The Hall–Kier alpha value is -2.05. The summed E-state index contributed by atoms with van der Waals surface area (Å²) in [6, 6.07) is 6.11. The van der Waals surface area contributed by atoms with Gasteiger partial charge in [-0.2, -0.15) is 0 Å². The highest BCUT2D eigenvalue weighted by atomic mass is 16.5. The summed E-state index contributed by atoms with van der Waals surface area (Å²) in [4.78, 5) is 7.40. The molecule has 0 spiro atoms. The van der Waals surface area contributed by atoms with Gasteiger partial charge in [0.05, 0.1) is 27.4 Å². The average Bonchev–Trinajstić information content (AvgIpc) is 2.79. The maximum absolute atomic E-state index is 5.62. The van der Waals surface area contributed by atoms with E-state index in [4.69, 9.17) is 19.2 Å². The summed E-state index contributed by atoms with van der Waals surface area (Å²) in [6.07, 6.45) is 6.85. The van der Waals surface area contributed by atoms with Crippen LogP contribution < -0.4 is 19.7 Å². The van der Waals surface area contributed by atoms with Crippen molar-refractivity contribution in [2.45, 2.75) is 38.6 Å². The molecule has 1 aliphatic heterocycles. The van der Waals surface area contributed by atoms with E-state index < -0.39 is 0 Å². The van der Waals surface area contributed by atoms with Crippen LogP contribution in [-0.4, -0.2) is 52.1 Å². The molecule has 2 fully saturated rings. The van der Waals surface area contributed by atoms with Crippen LogP contribution in [0.1, 0.15) is 37.7 Å². The molecule has 2 aliphatic rings. The van der Waals surface area contributed by atoms with Gasteiger partial charge in [0.1, 0.15) is 22.8 Å². The van der Waals surface area contributed by atoms with Crippen molar-refractivity contribution in [3.8, 4) is 11.5 Å². The summed E-state index contributed by atoms with van der Waals surface area (Å²) in [5, 5.41) is 4.71. The number of ether oxygens (including phenoxy) is 3. The van der Waals surface area contributed by atoms with Crippen molar-refractivity contribution in [1.82, 2.24) is 10.3 Å². The molecule has 0 bridgehead atoms. The number of aromatic nitrogens is 1. The zero-order chi connectivity index (χ0) is 20.1. The SMILES string of the molecule is COc1ccc(OC)c2nc(N3CCOCC3)c(CNCC3CCCCC3)cc12. The van der Waals surface area contributed by atoms with Gasteiger partial charge in [-0.25, -0.2) is 4.98 Å². The number of methoxy groups -OCH3 is 2. The van der Waals surface area contributed by atoms with Crippen LogP contribution >= 0.6 is 0 Å². The molecule has 1 aromatic heterocycles. The van der Waals surface area contributed by atoms with Crippen LogP contribution in [0.25, 0.3) is 10.9 Å². The van der Waals surface area contributed by atoms with Gasteiger partial charge in [-0.15, -0.1) is 0 Å². The van der Waals surface area contributed by atoms with Gasteiger partial charge in [-0.05, 0) is 43.5 Å². The van der Waals surface area contributed by atoms with Crippen LogP contribution in [0.2, 0.25) is 0 Å². The normalized spacial score (nSPS) is 18.2. The maximum atomic E-state index is 5.62. The minimum absolute atomic E-state index is 0.740. The molecule has 0 radical (unpaired) electrons. The molecule has 1 saturated carbocycles. The molecule has 0 amide bonds. The second kappa shape index (κ2) is 9.63. The summed E-state index contributed by atoms with van der Waals surface area (Å²) in [6.45, 7) is 5.09. The Kier molecular flexibility index (Phi) is 6.72. The Balaban J connectivity index is 1.65. The molecule has 4 rings (SSSR count). The van der Waals surface area contributed by atoms with E-state index >= 15 is 0 Å². The lowest BCUT2D eigenvalue weighted by Gasteiger charge is -2.30. The Morgan fingerprint density at radius 1 is 1.07 bits per heavy atom. The Morgan fingerprint density at radius 2 is 1.79 bits per heavy atom. The van der Waals surface area contributed by atoms with Crippen LogP contribution in [0.15, 0.2) is 18.2 Å². The van der Waals surface area contributed by atoms with Crippen LogP contribution in [0.4, 0.5) is 5.82 Å². The average molecular weight is 400 g/mol. The molecule has 0 atom stereocenters. The first-order valence-electron chi connectivity index (χ1n) is 10.9. The van der Waals surface area contributed by atoms with E-state index in [0.29, 0.717) is 0 Å². The summed E-state index contributed by atoms with van der Waals surface area (Å²) in [7, 11) is 3.40. The van der Waals surface area contributed by atoms with Crippen molar-refractivity contribution in [3.63, 3.8) is 0 Å². The van der Waals surface area contributed by atoms with E-state index in [1.54, 1.807) is 14.2 Å². The molecule has 6 nitrogen and oxygen atoms in total. The molecule has 2 heterocycles. The molecular formula is C23H33N3O3. The number of morpholine rings is 1. The monoisotopic (exact) mass is 399 g/mol. The molecule has 6 heteroatoms. The first-order chi connectivity index (χ1) is 14.3. The van der Waals surface area contributed by atoms with Gasteiger partial charge in [-0.3, -0.25) is 0 Å². The second-order valence-electron chi connectivity index (χ2n) is 8.07. The van der Waals surface area contributed by atoms with E-state index in [9.17, 15) is 0 Å². The van der Waals surface area contributed by atoms with Gasteiger partial charge in [0.2, 0.25) is 0 Å². The van der Waals surface area contributed by atoms with E-state index in [0.717, 1.165) is 73.5 Å². The third-order valence-electron chi connectivity index (χ3n) is 6.19. The first kappa shape index (κ1) is 20.2. The van der Waals surface area contributed by atoms with Crippen molar-refractivity contribution in [3.05, 3.63) is 23.8 Å². The number of nitrogens with one attached hydrogen (secondary N) is 1. The summed E-state index contributed by atoms with van der Waals surface area (Å²) >= 11 is 0. The van der Waals surface area contributed by atoms with Crippen LogP contribution in [0, 0.1) is 5.92 Å². The third kappa shape index (κ3) is 4.59. The van der Waals surface area contributed by atoms with E-state index in [-0.39, 0.29) is 0 Å². The van der Waals surface area contributed by atoms with Crippen molar-refractivity contribution >= 4 is 16.7 Å². The lowest BCUT2D eigenvalue weighted by atomic mass is 9.89. The number of benzene rings is 1. The van der Waals surface area contributed by atoms with E-state index in [1.807, 2.05) is 12.1 Å². The fraction of sp³-hybridized carbons (Fsp3) is 0.609. The van der Waals surface area contributed by atoms with Gasteiger partial charge >= 0.3 is 0 Å². The number of rotatable bonds is 7. The summed E-state index contributed by atoms with van der Waals surface area (Å²) in [5.41, 5.74) is 2.06. The van der Waals surface area contributed by atoms with Gasteiger partial charge in [0.15, 0.2) is 0 Å². The highest BCUT2D eigenvalue weighted by Crippen LogP contribution is 2.35. The molecule has 1 aliphatic carbocycles. The second-order valence-corrected chi connectivity index (χ2v) is 8.07. The van der Waals surface area contributed by atoms with Crippen molar-refractivity contribution in [1.29, 1.82) is 0 Å². The van der Waals surface area contributed by atoms with Gasteiger partial charge in [0, 0.05) is 30.6 Å². The number of hydrogen-bond acceptors (Lipinski definition) is 6. The number of pyridine rings is 1. The predicted molar refractivity (Wildman–Crippen MR) is 116 cm³/mol.